The maximum absolute atomic E-state index is 12.4. The van der Waals surface area contributed by atoms with Gasteiger partial charge in [0.05, 0.1) is 19.2 Å². The highest BCUT2D eigenvalue weighted by Crippen LogP contribution is 2.36. The predicted molar refractivity (Wildman–Crippen MR) is 92.3 cm³/mol. The molecule has 0 fully saturated rings. The second-order valence-electron chi connectivity index (χ2n) is 4.80. The SMILES string of the molecule is CNC(=O)c1ccc(NC(=O)c2cc(Cl)c(OC)c(OC)c2)cc1. The van der Waals surface area contributed by atoms with Crippen molar-refractivity contribution in [3.8, 4) is 11.5 Å². The van der Waals surface area contributed by atoms with E-state index in [2.05, 4.69) is 10.6 Å². The molecule has 6 nitrogen and oxygen atoms in total. The molecule has 0 aromatic heterocycles. The smallest absolute Gasteiger partial charge is 0.255 e. The quantitative estimate of drug-likeness (QED) is 0.871. The third-order valence-electron chi connectivity index (χ3n) is 3.33. The molecule has 0 unspecified atom stereocenters. The van der Waals surface area contributed by atoms with Crippen molar-refractivity contribution in [1.82, 2.24) is 5.32 Å². The first kappa shape index (κ1) is 17.6. The van der Waals surface area contributed by atoms with Crippen LogP contribution in [0.25, 0.3) is 0 Å². The minimum atomic E-state index is -0.356. The van der Waals surface area contributed by atoms with Gasteiger partial charge in [-0.05, 0) is 36.4 Å². The molecule has 0 aliphatic carbocycles. The van der Waals surface area contributed by atoms with Crippen molar-refractivity contribution in [3.05, 3.63) is 52.5 Å². The molecule has 2 N–H and O–H groups in total. The Hall–Kier alpha value is -2.73. The Labute approximate surface area is 144 Å². The minimum Gasteiger partial charge on any atom is -0.493 e. The van der Waals surface area contributed by atoms with Gasteiger partial charge in [0.2, 0.25) is 0 Å². The number of rotatable bonds is 5. The van der Waals surface area contributed by atoms with Gasteiger partial charge in [0.15, 0.2) is 11.5 Å². The van der Waals surface area contributed by atoms with E-state index in [1.54, 1.807) is 37.4 Å². The largest absolute Gasteiger partial charge is 0.493 e. The highest BCUT2D eigenvalue weighted by atomic mass is 35.5. The predicted octanol–water partition coefficient (Wildman–Crippen LogP) is 2.97. The first-order valence-corrected chi connectivity index (χ1v) is 7.43. The monoisotopic (exact) mass is 348 g/mol. The second kappa shape index (κ2) is 7.70. The molecule has 24 heavy (non-hydrogen) atoms. The zero-order chi connectivity index (χ0) is 17.7. The number of carbonyl (C=O) groups is 2. The summed E-state index contributed by atoms with van der Waals surface area (Å²) in [7, 11) is 4.49. The molecule has 0 bridgehead atoms. The summed E-state index contributed by atoms with van der Waals surface area (Å²) in [5.74, 6) is 0.181. The van der Waals surface area contributed by atoms with Gasteiger partial charge in [0.1, 0.15) is 0 Å². The van der Waals surface area contributed by atoms with Crippen LogP contribution in [0.3, 0.4) is 0 Å². The summed E-state index contributed by atoms with van der Waals surface area (Å²) in [6, 6.07) is 9.57. The number of nitrogens with one attached hydrogen (secondary N) is 2. The summed E-state index contributed by atoms with van der Waals surface area (Å²) in [6.45, 7) is 0. The first-order chi connectivity index (χ1) is 11.5. The van der Waals surface area contributed by atoms with Crippen molar-refractivity contribution >= 4 is 29.1 Å². The normalized spacial score (nSPS) is 10.0. The molecule has 2 amide bonds. The van der Waals surface area contributed by atoms with E-state index >= 15 is 0 Å². The van der Waals surface area contributed by atoms with E-state index in [9.17, 15) is 9.59 Å². The lowest BCUT2D eigenvalue weighted by atomic mass is 10.1. The van der Waals surface area contributed by atoms with Gasteiger partial charge in [-0.15, -0.1) is 0 Å². The second-order valence-corrected chi connectivity index (χ2v) is 5.21. The molecule has 0 heterocycles. The van der Waals surface area contributed by atoms with Gasteiger partial charge in [-0.1, -0.05) is 11.6 Å². The van der Waals surface area contributed by atoms with Crippen molar-refractivity contribution in [1.29, 1.82) is 0 Å². The van der Waals surface area contributed by atoms with Gasteiger partial charge in [-0.25, -0.2) is 0 Å². The van der Waals surface area contributed by atoms with Crippen LogP contribution in [0, 0.1) is 0 Å². The third-order valence-corrected chi connectivity index (χ3v) is 3.61. The molecule has 0 spiro atoms. The third kappa shape index (κ3) is 3.78. The molecule has 0 atom stereocenters. The summed E-state index contributed by atoms with van der Waals surface area (Å²) >= 11 is 6.10. The van der Waals surface area contributed by atoms with Crippen LogP contribution in [0.2, 0.25) is 5.02 Å². The fourth-order valence-electron chi connectivity index (χ4n) is 2.10. The average molecular weight is 349 g/mol. The molecule has 2 aromatic carbocycles. The van der Waals surface area contributed by atoms with Crippen molar-refractivity contribution < 1.29 is 19.1 Å². The average Bonchev–Trinajstić information content (AvgIpc) is 2.60. The van der Waals surface area contributed by atoms with Crippen LogP contribution in [-0.4, -0.2) is 33.1 Å². The van der Waals surface area contributed by atoms with Crippen LogP contribution in [0.15, 0.2) is 36.4 Å². The number of anilines is 1. The fraction of sp³-hybridized carbons (Fsp3) is 0.176. The Morgan fingerprint density at radius 2 is 1.62 bits per heavy atom. The van der Waals surface area contributed by atoms with E-state index in [1.807, 2.05) is 0 Å². The minimum absolute atomic E-state index is 0.195. The molecule has 0 saturated carbocycles. The lowest BCUT2D eigenvalue weighted by molar-refractivity contribution is 0.0962. The van der Waals surface area contributed by atoms with Gasteiger partial charge in [-0.3, -0.25) is 9.59 Å². The fourth-order valence-corrected chi connectivity index (χ4v) is 2.39. The molecule has 2 rings (SSSR count). The number of methoxy groups -OCH3 is 2. The maximum Gasteiger partial charge on any atom is 0.255 e. The molecule has 0 saturated heterocycles. The molecular weight excluding hydrogens is 332 g/mol. The van der Waals surface area contributed by atoms with Crippen LogP contribution < -0.4 is 20.1 Å². The van der Waals surface area contributed by atoms with Gasteiger partial charge in [-0.2, -0.15) is 0 Å². The number of ether oxygens (including phenoxy) is 2. The molecule has 0 aliphatic rings. The topological polar surface area (TPSA) is 76.7 Å². The van der Waals surface area contributed by atoms with Gasteiger partial charge in [0, 0.05) is 23.9 Å². The van der Waals surface area contributed by atoms with Crippen molar-refractivity contribution in [2.45, 2.75) is 0 Å². The number of amides is 2. The van der Waals surface area contributed by atoms with E-state index < -0.39 is 0 Å². The van der Waals surface area contributed by atoms with Crippen LogP contribution >= 0.6 is 11.6 Å². The summed E-state index contributed by atoms with van der Waals surface area (Å²) in [6.07, 6.45) is 0. The summed E-state index contributed by atoms with van der Waals surface area (Å²) in [5.41, 5.74) is 1.39. The summed E-state index contributed by atoms with van der Waals surface area (Å²) in [5, 5.41) is 5.54. The zero-order valence-corrected chi connectivity index (χ0v) is 14.2. The van der Waals surface area contributed by atoms with Gasteiger partial charge < -0.3 is 20.1 Å². The molecular formula is C17H17ClN2O4. The Bertz CT molecular complexity index is 760. The van der Waals surface area contributed by atoms with Gasteiger partial charge in [0.25, 0.3) is 11.8 Å². The van der Waals surface area contributed by atoms with E-state index in [4.69, 9.17) is 21.1 Å². The number of benzene rings is 2. The lowest BCUT2D eigenvalue weighted by Crippen LogP contribution is -2.18. The van der Waals surface area contributed by atoms with Crippen molar-refractivity contribution in [2.24, 2.45) is 0 Å². The number of hydrogen-bond acceptors (Lipinski definition) is 4. The number of carbonyl (C=O) groups excluding carboxylic acids is 2. The number of halogens is 1. The van der Waals surface area contributed by atoms with Crippen molar-refractivity contribution in [3.63, 3.8) is 0 Å². The Kier molecular flexibility index (Phi) is 5.65. The van der Waals surface area contributed by atoms with E-state index in [1.165, 1.54) is 20.3 Å². The summed E-state index contributed by atoms with van der Waals surface area (Å²) in [4.78, 5) is 23.9. The van der Waals surface area contributed by atoms with Crippen LogP contribution in [0.1, 0.15) is 20.7 Å². The van der Waals surface area contributed by atoms with Gasteiger partial charge >= 0.3 is 0 Å². The molecule has 0 aliphatic heterocycles. The van der Waals surface area contributed by atoms with Crippen molar-refractivity contribution in [2.75, 3.05) is 26.6 Å². The summed E-state index contributed by atoms with van der Waals surface area (Å²) < 4.78 is 10.3. The Morgan fingerprint density at radius 1 is 0.958 bits per heavy atom. The standard InChI is InChI=1S/C17H17ClN2O4/c1-19-16(21)10-4-6-12(7-5-10)20-17(22)11-8-13(18)15(24-3)14(9-11)23-2/h4-9H,1-3H3,(H,19,21)(H,20,22). The zero-order valence-electron chi connectivity index (χ0n) is 13.5. The Morgan fingerprint density at radius 3 is 2.17 bits per heavy atom. The molecule has 7 heteroatoms. The molecule has 0 radical (unpaired) electrons. The van der Waals surface area contributed by atoms with E-state index in [-0.39, 0.29) is 16.8 Å². The first-order valence-electron chi connectivity index (χ1n) is 7.05. The number of hydrogen-bond donors (Lipinski definition) is 2. The molecule has 2 aromatic rings. The maximum atomic E-state index is 12.4. The lowest BCUT2D eigenvalue weighted by Gasteiger charge is -2.12. The van der Waals surface area contributed by atoms with E-state index in [0.717, 1.165) is 0 Å². The van der Waals surface area contributed by atoms with Crippen LogP contribution in [-0.2, 0) is 0 Å². The highest BCUT2D eigenvalue weighted by Gasteiger charge is 2.15. The molecule has 126 valence electrons. The van der Waals surface area contributed by atoms with Crippen LogP contribution in [0.4, 0.5) is 5.69 Å². The van der Waals surface area contributed by atoms with E-state index in [0.29, 0.717) is 28.3 Å². The Balaban J connectivity index is 2.21. The van der Waals surface area contributed by atoms with Crippen LogP contribution in [0.5, 0.6) is 11.5 Å². The highest BCUT2D eigenvalue weighted by molar-refractivity contribution is 6.32.